The number of hydrogen-bond acceptors (Lipinski definition) is 3. The summed E-state index contributed by atoms with van der Waals surface area (Å²) in [5, 5.41) is 6.72. The molecule has 2 N–H and O–H groups in total. The zero-order chi connectivity index (χ0) is 17.0. The molecule has 1 aliphatic carbocycles. The lowest BCUT2D eigenvalue weighted by molar-refractivity contribution is 0.430. The molecule has 1 atom stereocenters. The largest absolute Gasteiger partial charge is 0.356 e. The minimum absolute atomic E-state index is 0.0301. The van der Waals surface area contributed by atoms with Crippen LogP contribution >= 0.6 is 0 Å². The average Bonchev–Trinajstić information content (AvgIpc) is 3.19. The fourth-order valence-corrected chi connectivity index (χ4v) is 5.63. The lowest BCUT2D eigenvalue weighted by Crippen LogP contribution is -2.48. The molecule has 1 aromatic carbocycles. The van der Waals surface area contributed by atoms with E-state index in [9.17, 15) is 8.42 Å². The molecule has 1 heterocycles. The second-order valence-electron chi connectivity index (χ2n) is 7.02. The molecule has 0 bridgehead atoms. The molecule has 1 saturated carbocycles. The van der Waals surface area contributed by atoms with Crippen molar-refractivity contribution in [2.75, 3.05) is 25.1 Å². The summed E-state index contributed by atoms with van der Waals surface area (Å²) in [6.45, 7) is 0.830. The zero-order valence-electron chi connectivity index (χ0n) is 14.3. The number of hydrogen-bond donors (Lipinski definition) is 2. The van der Waals surface area contributed by atoms with E-state index >= 15 is 0 Å². The first-order valence-electron chi connectivity index (χ1n) is 8.76. The number of nitrogens with one attached hydrogen (secondary N) is 2. The standard InChI is InChI=1S/C18H27N3O2S/c1-19-17(21-16-9-12-24(22,23)13-16)20-14-18(10-5-6-11-18)15-7-3-2-4-8-15/h2-4,7-8,16H,5-6,9-14H2,1H3,(H2,19,20,21). The van der Waals surface area contributed by atoms with Crippen molar-refractivity contribution in [2.24, 2.45) is 4.99 Å². The Balaban J connectivity index is 1.64. The van der Waals surface area contributed by atoms with Gasteiger partial charge in [0.15, 0.2) is 15.8 Å². The molecule has 2 fully saturated rings. The fraction of sp³-hybridized carbons (Fsp3) is 0.611. The first-order valence-corrected chi connectivity index (χ1v) is 10.6. The maximum Gasteiger partial charge on any atom is 0.191 e. The zero-order valence-corrected chi connectivity index (χ0v) is 15.1. The van der Waals surface area contributed by atoms with Gasteiger partial charge in [-0.3, -0.25) is 4.99 Å². The van der Waals surface area contributed by atoms with Gasteiger partial charge in [0, 0.05) is 25.0 Å². The maximum atomic E-state index is 11.6. The molecule has 5 nitrogen and oxygen atoms in total. The van der Waals surface area contributed by atoms with Crippen molar-refractivity contribution < 1.29 is 8.42 Å². The summed E-state index contributed by atoms with van der Waals surface area (Å²) in [5.41, 5.74) is 1.54. The Hall–Kier alpha value is -1.56. The topological polar surface area (TPSA) is 70.6 Å². The van der Waals surface area contributed by atoms with Crippen LogP contribution in [0.2, 0.25) is 0 Å². The molecule has 0 amide bonds. The second kappa shape index (κ2) is 7.13. The second-order valence-corrected chi connectivity index (χ2v) is 9.25. The van der Waals surface area contributed by atoms with Crippen LogP contribution in [0.4, 0.5) is 0 Å². The summed E-state index contributed by atoms with van der Waals surface area (Å²) < 4.78 is 23.2. The van der Waals surface area contributed by atoms with E-state index in [0.29, 0.717) is 12.4 Å². The molecule has 1 aliphatic heterocycles. The van der Waals surface area contributed by atoms with E-state index in [1.165, 1.54) is 31.2 Å². The first kappa shape index (κ1) is 17.3. The van der Waals surface area contributed by atoms with Crippen molar-refractivity contribution in [3.63, 3.8) is 0 Å². The molecule has 24 heavy (non-hydrogen) atoms. The minimum atomic E-state index is -2.88. The molecule has 2 aliphatic rings. The van der Waals surface area contributed by atoms with E-state index < -0.39 is 9.84 Å². The van der Waals surface area contributed by atoms with Crippen LogP contribution in [-0.2, 0) is 15.3 Å². The SMILES string of the molecule is CN=C(NCC1(c2ccccc2)CCCC1)NC1CCS(=O)(=O)C1. The van der Waals surface area contributed by atoms with Crippen LogP contribution in [0, 0.1) is 0 Å². The molecular weight excluding hydrogens is 322 g/mol. The van der Waals surface area contributed by atoms with Crippen molar-refractivity contribution >= 4 is 15.8 Å². The van der Waals surface area contributed by atoms with Crippen LogP contribution in [0.1, 0.15) is 37.7 Å². The summed E-state index contributed by atoms with van der Waals surface area (Å²) in [4.78, 5) is 4.28. The van der Waals surface area contributed by atoms with Crippen LogP contribution in [0.3, 0.4) is 0 Å². The number of guanidine groups is 1. The van der Waals surface area contributed by atoms with Crippen LogP contribution in [0.25, 0.3) is 0 Å². The quantitative estimate of drug-likeness (QED) is 0.643. The van der Waals surface area contributed by atoms with Gasteiger partial charge < -0.3 is 10.6 Å². The van der Waals surface area contributed by atoms with Crippen molar-refractivity contribution in [2.45, 2.75) is 43.6 Å². The third-order valence-corrected chi connectivity index (χ3v) is 7.11. The lowest BCUT2D eigenvalue weighted by Gasteiger charge is -2.31. The summed E-state index contributed by atoms with van der Waals surface area (Å²) in [5.74, 6) is 1.19. The van der Waals surface area contributed by atoms with Gasteiger partial charge in [0.25, 0.3) is 0 Å². The van der Waals surface area contributed by atoms with E-state index in [1.54, 1.807) is 7.05 Å². The monoisotopic (exact) mass is 349 g/mol. The van der Waals surface area contributed by atoms with Crippen LogP contribution in [0.5, 0.6) is 0 Å². The Labute approximate surface area is 144 Å². The molecule has 132 valence electrons. The van der Waals surface area contributed by atoms with Gasteiger partial charge in [-0.25, -0.2) is 8.42 Å². The first-order chi connectivity index (χ1) is 11.5. The van der Waals surface area contributed by atoms with Gasteiger partial charge in [-0.15, -0.1) is 0 Å². The maximum absolute atomic E-state index is 11.6. The lowest BCUT2D eigenvalue weighted by atomic mass is 9.79. The number of rotatable bonds is 4. The molecule has 0 aromatic heterocycles. The van der Waals surface area contributed by atoms with Crippen molar-refractivity contribution in [3.8, 4) is 0 Å². The molecule has 1 unspecified atom stereocenters. The van der Waals surface area contributed by atoms with E-state index in [4.69, 9.17) is 0 Å². The van der Waals surface area contributed by atoms with Gasteiger partial charge in [0.1, 0.15) is 0 Å². The average molecular weight is 350 g/mol. The van der Waals surface area contributed by atoms with Crippen LogP contribution in [0.15, 0.2) is 35.3 Å². The van der Waals surface area contributed by atoms with Crippen molar-refractivity contribution in [1.29, 1.82) is 0 Å². The Morgan fingerprint density at radius 1 is 1.25 bits per heavy atom. The van der Waals surface area contributed by atoms with Crippen molar-refractivity contribution in [1.82, 2.24) is 10.6 Å². The highest BCUT2D eigenvalue weighted by molar-refractivity contribution is 7.91. The van der Waals surface area contributed by atoms with Gasteiger partial charge in [0.05, 0.1) is 11.5 Å². The summed E-state index contributed by atoms with van der Waals surface area (Å²) >= 11 is 0. The fourth-order valence-electron chi connectivity index (χ4n) is 3.96. The molecule has 6 heteroatoms. The normalized spacial score (nSPS) is 25.5. The van der Waals surface area contributed by atoms with E-state index in [0.717, 1.165) is 6.54 Å². The number of sulfone groups is 1. The Morgan fingerprint density at radius 3 is 2.54 bits per heavy atom. The van der Waals surface area contributed by atoms with Crippen LogP contribution < -0.4 is 10.6 Å². The molecule has 1 aromatic rings. The summed E-state index contributed by atoms with van der Waals surface area (Å²) in [6, 6.07) is 10.7. The number of nitrogens with zero attached hydrogens (tertiary/aromatic N) is 1. The molecule has 1 saturated heterocycles. The van der Waals surface area contributed by atoms with Gasteiger partial charge in [-0.2, -0.15) is 0 Å². The Morgan fingerprint density at radius 2 is 1.96 bits per heavy atom. The van der Waals surface area contributed by atoms with Crippen molar-refractivity contribution in [3.05, 3.63) is 35.9 Å². The Kier molecular flexibility index (Phi) is 5.13. The summed E-state index contributed by atoms with van der Waals surface area (Å²) in [7, 11) is -1.14. The van der Waals surface area contributed by atoms with E-state index in [1.807, 2.05) is 0 Å². The third-order valence-electron chi connectivity index (χ3n) is 5.34. The van der Waals surface area contributed by atoms with Gasteiger partial charge in [-0.05, 0) is 24.8 Å². The molecular formula is C18H27N3O2S. The van der Waals surface area contributed by atoms with Gasteiger partial charge >= 0.3 is 0 Å². The van der Waals surface area contributed by atoms with Crippen LogP contribution in [-0.4, -0.2) is 45.5 Å². The highest BCUT2D eigenvalue weighted by atomic mass is 32.2. The van der Waals surface area contributed by atoms with Gasteiger partial charge in [-0.1, -0.05) is 43.2 Å². The predicted octanol–water partition coefficient (Wildman–Crippen LogP) is 1.85. The highest BCUT2D eigenvalue weighted by Crippen LogP contribution is 2.40. The molecule has 3 rings (SSSR count). The summed E-state index contributed by atoms with van der Waals surface area (Å²) in [6.07, 6.45) is 5.53. The Bertz CT molecular complexity index is 679. The third kappa shape index (κ3) is 3.91. The van der Waals surface area contributed by atoms with E-state index in [2.05, 4.69) is 46.0 Å². The molecule has 0 spiro atoms. The highest BCUT2D eigenvalue weighted by Gasteiger charge is 2.36. The smallest absolute Gasteiger partial charge is 0.191 e. The molecule has 0 radical (unpaired) electrons. The van der Waals surface area contributed by atoms with Gasteiger partial charge in [0.2, 0.25) is 0 Å². The van der Waals surface area contributed by atoms with E-state index in [-0.39, 0.29) is 23.0 Å². The number of benzene rings is 1. The predicted molar refractivity (Wildman–Crippen MR) is 98.1 cm³/mol. The minimum Gasteiger partial charge on any atom is -0.356 e. The number of aliphatic imine (C=N–C) groups is 1.